The molecule has 0 aliphatic heterocycles. The average molecular weight is 435 g/mol. The van der Waals surface area contributed by atoms with Gasteiger partial charge in [0.2, 0.25) is 10.0 Å². The van der Waals surface area contributed by atoms with Crippen LogP contribution in [0.15, 0.2) is 83.8 Å². The number of hydrogen-bond acceptors (Lipinski definition) is 4. The van der Waals surface area contributed by atoms with Gasteiger partial charge in [0.05, 0.1) is 10.6 Å². The van der Waals surface area contributed by atoms with Crippen LogP contribution in [-0.2, 0) is 16.6 Å². The summed E-state index contributed by atoms with van der Waals surface area (Å²) in [7, 11) is -3.61. The molecular weight excluding hydrogens is 412 g/mol. The van der Waals surface area contributed by atoms with Crippen LogP contribution in [0.3, 0.4) is 0 Å². The van der Waals surface area contributed by atoms with E-state index < -0.39 is 10.0 Å². The van der Waals surface area contributed by atoms with Crippen LogP contribution in [0.25, 0.3) is 21.7 Å². The number of nitrogens with zero attached hydrogens (tertiary/aromatic N) is 1. The highest BCUT2D eigenvalue weighted by Gasteiger charge is 2.17. The second-order valence-electron chi connectivity index (χ2n) is 7.06. The number of sulfonamides is 1. The summed E-state index contributed by atoms with van der Waals surface area (Å²) in [5.74, 6) is 0. The van der Waals surface area contributed by atoms with Gasteiger partial charge in [-0.3, -0.25) is 0 Å². The summed E-state index contributed by atoms with van der Waals surface area (Å²) >= 11 is 1.52. The normalized spacial score (nSPS) is 11.5. The molecule has 4 aromatic rings. The van der Waals surface area contributed by atoms with Crippen molar-refractivity contribution in [1.29, 1.82) is 0 Å². The highest BCUT2D eigenvalue weighted by Crippen LogP contribution is 2.30. The summed E-state index contributed by atoms with van der Waals surface area (Å²) in [6.07, 6.45) is 0. The van der Waals surface area contributed by atoms with Gasteiger partial charge in [-0.2, -0.15) is 0 Å². The summed E-state index contributed by atoms with van der Waals surface area (Å²) in [5.41, 5.74) is 5.11. The molecule has 0 saturated heterocycles. The minimum atomic E-state index is -3.61. The van der Waals surface area contributed by atoms with Gasteiger partial charge >= 0.3 is 0 Å². The molecule has 0 atom stereocenters. The minimum Gasteiger partial charge on any atom is -0.241 e. The topological polar surface area (TPSA) is 59.1 Å². The van der Waals surface area contributed by atoms with Crippen molar-refractivity contribution in [2.45, 2.75) is 25.3 Å². The van der Waals surface area contributed by atoms with Crippen molar-refractivity contribution in [1.82, 2.24) is 9.71 Å². The molecule has 0 amide bonds. The zero-order chi connectivity index (χ0) is 21.1. The van der Waals surface area contributed by atoms with E-state index in [2.05, 4.69) is 9.71 Å². The van der Waals surface area contributed by atoms with Crippen LogP contribution in [0.5, 0.6) is 0 Å². The molecule has 30 heavy (non-hydrogen) atoms. The van der Waals surface area contributed by atoms with Gasteiger partial charge in [-0.05, 0) is 42.7 Å². The van der Waals surface area contributed by atoms with E-state index in [0.29, 0.717) is 0 Å². The van der Waals surface area contributed by atoms with E-state index in [1.807, 2.05) is 80.6 Å². The Balaban J connectivity index is 1.50. The highest BCUT2D eigenvalue weighted by atomic mass is 32.2. The maximum atomic E-state index is 12.8. The first kappa shape index (κ1) is 20.5. The Morgan fingerprint density at radius 2 is 1.47 bits per heavy atom. The first-order valence-electron chi connectivity index (χ1n) is 9.61. The van der Waals surface area contributed by atoms with Crippen molar-refractivity contribution in [3.63, 3.8) is 0 Å². The molecule has 4 rings (SSSR count). The Hall–Kier alpha value is -2.80. The first-order chi connectivity index (χ1) is 14.4. The fourth-order valence-corrected chi connectivity index (χ4v) is 5.40. The van der Waals surface area contributed by atoms with E-state index in [1.165, 1.54) is 11.3 Å². The van der Waals surface area contributed by atoms with Gasteiger partial charge in [0, 0.05) is 17.0 Å². The predicted octanol–water partition coefficient (Wildman–Crippen LogP) is 5.57. The molecule has 0 spiro atoms. The number of nitrogens with one attached hydrogen (secondary N) is 1. The molecule has 0 radical (unpaired) electrons. The molecule has 152 valence electrons. The van der Waals surface area contributed by atoms with Crippen LogP contribution in [0, 0.1) is 13.8 Å². The van der Waals surface area contributed by atoms with Crippen molar-refractivity contribution in [2.24, 2.45) is 0 Å². The second kappa shape index (κ2) is 8.52. The molecule has 0 unspecified atom stereocenters. The molecule has 1 heterocycles. The van der Waals surface area contributed by atoms with E-state index in [0.717, 1.165) is 37.8 Å². The van der Waals surface area contributed by atoms with E-state index in [4.69, 9.17) is 0 Å². The summed E-state index contributed by atoms with van der Waals surface area (Å²) in [6, 6.07) is 24.9. The van der Waals surface area contributed by atoms with E-state index >= 15 is 0 Å². The minimum absolute atomic E-state index is 0.220. The van der Waals surface area contributed by atoms with Gasteiger partial charge in [0.15, 0.2) is 0 Å². The number of aryl methyl sites for hydroxylation is 2. The molecule has 0 aliphatic rings. The molecule has 0 bridgehead atoms. The lowest BCUT2D eigenvalue weighted by Gasteiger charge is -2.07. The molecule has 1 aromatic heterocycles. The van der Waals surface area contributed by atoms with Crippen molar-refractivity contribution in [3.05, 3.63) is 95.0 Å². The second-order valence-corrected chi connectivity index (χ2v) is 9.91. The number of rotatable bonds is 6. The fraction of sp³-hybridized carbons (Fsp3) is 0.125. The third kappa shape index (κ3) is 4.36. The number of thiazole rings is 1. The number of benzene rings is 3. The Labute approximate surface area is 181 Å². The Morgan fingerprint density at radius 1 is 0.833 bits per heavy atom. The largest absolute Gasteiger partial charge is 0.241 e. The lowest BCUT2D eigenvalue weighted by molar-refractivity contribution is 0.581. The Kier molecular flexibility index (Phi) is 5.81. The quantitative estimate of drug-likeness (QED) is 0.431. The highest BCUT2D eigenvalue weighted by molar-refractivity contribution is 7.89. The van der Waals surface area contributed by atoms with Crippen LogP contribution in [-0.4, -0.2) is 13.4 Å². The molecule has 1 N–H and O–H groups in total. The van der Waals surface area contributed by atoms with Crippen LogP contribution in [0.1, 0.15) is 16.1 Å². The lowest BCUT2D eigenvalue weighted by Crippen LogP contribution is -2.23. The molecular formula is C24H22N2O2S2. The van der Waals surface area contributed by atoms with Gasteiger partial charge in [0.25, 0.3) is 0 Å². The smallest absolute Gasteiger partial charge is 0.240 e. The molecule has 0 fully saturated rings. The van der Waals surface area contributed by atoms with Crippen molar-refractivity contribution >= 4 is 21.4 Å². The fourth-order valence-electron chi connectivity index (χ4n) is 3.22. The van der Waals surface area contributed by atoms with Crippen LogP contribution >= 0.6 is 11.3 Å². The van der Waals surface area contributed by atoms with Gasteiger partial charge < -0.3 is 0 Å². The SMILES string of the molecule is Cc1ccccc1-c1nc(C)c(CNS(=O)(=O)c2ccc(-c3ccccc3)cc2)s1. The van der Waals surface area contributed by atoms with Crippen LogP contribution < -0.4 is 4.72 Å². The van der Waals surface area contributed by atoms with Crippen LogP contribution in [0.2, 0.25) is 0 Å². The number of hydrogen-bond donors (Lipinski definition) is 1. The molecule has 0 saturated carbocycles. The summed E-state index contributed by atoms with van der Waals surface area (Å²) in [5, 5.41) is 0.909. The molecule has 0 aliphatic carbocycles. The third-order valence-electron chi connectivity index (χ3n) is 4.96. The average Bonchev–Trinajstić information content (AvgIpc) is 3.14. The summed E-state index contributed by atoms with van der Waals surface area (Å²) < 4.78 is 28.3. The third-order valence-corrected chi connectivity index (χ3v) is 7.57. The van der Waals surface area contributed by atoms with Crippen molar-refractivity contribution in [2.75, 3.05) is 0 Å². The van der Waals surface area contributed by atoms with E-state index in [9.17, 15) is 8.42 Å². The molecule has 4 nitrogen and oxygen atoms in total. The molecule has 6 heteroatoms. The van der Waals surface area contributed by atoms with Crippen molar-refractivity contribution < 1.29 is 8.42 Å². The molecule has 3 aromatic carbocycles. The lowest BCUT2D eigenvalue weighted by atomic mass is 10.1. The van der Waals surface area contributed by atoms with E-state index in [-0.39, 0.29) is 11.4 Å². The van der Waals surface area contributed by atoms with E-state index in [1.54, 1.807) is 12.1 Å². The predicted molar refractivity (Wildman–Crippen MR) is 123 cm³/mol. The van der Waals surface area contributed by atoms with Crippen molar-refractivity contribution in [3.8, 4) is 21.7 Å². The summed E-state index contributed by atoms with van der Waals surface area (Å²) in [4.78, 5) is 5.81. The zero-order valence-corrected chi connectivity index (χ0v) is 18.4. The zero-order valence-electron chi connectivity index (χ0n) is 16.8. The maximum Gasteiger partial charge on any atom is 0.240 e. The Bertz CT molecular complexity index is 1260. The monoisotopic (exact) mass is 434 g/mol. The van der Waals surface area contributed by atoms with Crippen LogP contribution in [0.4, 0.5) is 0 Å². The Morgan fingerprint density at radius 3 is 2.17 bits per heavy atom. The van der Waals surface area contributed by atoms with Gasteiger partial charge in [0.1, 0.15) is 5.01 Å². The van der Waals surface area contributed by atoms with Gasteiger partial charge in [-0.1, -0.05) is 66.7 Å². The number of aromatic nitrogens is 1. The van der Waals surface area contributed by atoms with Gasteiger partial charge in [-0.15, -0.1) is 11.3 Å². The standard InChI is InChI=1S/C24H22N2O2S2/c1-17-8-6-7-11-22(17)24-26-18(2)23(29-24)16-25-30(27,28)21-14-12-20(13-15-21)19-9-4-3-5-10-19/h3-15,25H,16H2,1-2H3. The van der Waals surface area contributed by atoms with Gasteiger partial charge in [-0.25, -0.2) is 18.1 Å². The maximum absolute atomic E-state index is 12.8. The summed E-state index contributed by atoms with van der Waals surface area (Å²) in [6.45, 7) is 4.18. The first-order valence-corrected chi connectivity index (χ1v) is 11.9.